The van der Waals surface area contributed by atoms with Gasteiger partial charge in [0.2, 0.25) is 0 Å². The van der Waals surface area contributed by atoms with E-state index < -0.39 is 30.4 Å². The fraction of sp³-hybridized carbons (Fsp3) is 0.727. The van der Waals surface area contributed by atoms with Gasteiger partial charge < -0.3 is 20.4 Å². The van der Waals surface area contributed by atoms with Crippen molar-refractivity contribution in [3.8, 4) is 0 Å². The molecule has 1 atom stereocenters. The number of amides is 2. The normalized spacial score (nSPS) is 19.3. The van der Waals surface area contributed by atoms with Crippen molar-refractivity contribution in [1.82, 2.24) is 10.2 Å². The number of urea groups is 1. The molecule has 102 valence electrons. The molecule has 0 aromatic rings. The van der Waals surface area contributed by atoms with Crippen LogP contribution in [0.15, 0.2) is 0 Å². The quantitative estimate of drug-likeness (QED) is 0.680. The molecule has 0 unspecified atom stereocenters. The van der Waals surface area contributed by atoms with Crippen molar-refractivity contribution in [2.75, 3.05) is 6.54 Å². The summed E-state index contributed by atoms with van der Waals surface area (Å²) in [5, 5.41) is 19.7. The van der Waals surface area contributed by atoms with Gasteiger partial charge in [-0.3, -0.25) is 4.79 Å². The predicted molar refractivity (Wildman–Crippen MR) is 62.2 cm³/mol. The molecule has 0 aromatic heterocycles. The van der Waals surface area contributed by atoms with Gasteiger partial charge in [0.15, 0.2) is 0 Å². The van der Waals surface area contributed by atoms with Crippen molar-refractivity contribution in [2.24, 2.45) is 0 Å². The van der Waals surface area contributed by atoms with Crippen LogP contribution >= 0.6 is 0 Å². The Hall–Kier alpha value is -1.79. The van der Waals surface area contributed by atoms with E-state index in [4.69, 9.17) is 10.2 Å². The maximum absolute atomic E-state index is 11.9. The molecule has 1 heterocycles. The summed E-state index contributed by atoms with van der Waals surface area (Å²) in [6.45, 7) is 4.34. The first-order valence-electron chi connectivity index (χ1n) is 5.77. The van der Waals surface area contributed by atoms with Gasteiger partial charge in [-0.05, 0) is 26.7 Å². The summed E-state index contributed by atoms with van der Waals surface area (Å²) in [6.07, 6.45) is 1.07. The average molecular weight is 258 g/mol. The maximum atomic E-state index is 11.9. The Morgan fingerprint density at radius 3 is 2.33 bits per heavy atom. The van der Waals surface area contributed by atoms with Gasteiger partial charge in [-0.2, -0.15) is 0 Å². The van der Waals surface area contributed by atoms with Crippen LogP contribution in [0.5, 0.6) is 0 Å². The minimum atomic E-state index is -1.40. The van der Waals surface area contributed by atoms with Crippen molar-refractivity contribution >= 4 is 18.0 Å². The first-order chi connectivity index (χ1) is 8.24. The summed E-state index contributed by atoms with van der Waals surface area (Å²) in [5.41, 5.74) is -0.323. The van der Waals surface area contributed by atoms with E-state index in [-0.39, 0.29) is 5.54 Å². The second kappa shape index (κ2) is 5.24. The number of carbonyl (C=O) groups excluding carboxylic acids is 1. The van der Waals surface area contributed by atoms with Crippen LogP contribution in [0.1, 0.15) is 33.1 Å². The van der Waals surface area contributed by atoms with Gasteiger partial charge >= 0.3 is 18.0 Å². The molecule has 1 fully saturated rings. The second-order valence-corrected chi connectivity index (χ2v) is 5.01. The molecule has 7 heteroatoms. The summed E-state index contributed by atoms with van der Waals surface area (Å²) in [6, 6.07) is -1.92. The van der Waals surface area contributed by atoms with E-state index in [0.29, 0.717) is 6.54 Å². The van der Waals surface area contributed by atoms with Crippen molar-refractivity contribution in [1.29, 1.82) is 0 Å². The molecule has 1 aliphatic heterocycles. The number of carboxylic acids is 2. The van der Waals surface area contributed by atoms with E-state index in [0.717, 1.165) is 12.8 Å². The smallest absolute Gasteiger partial charge is 0.326 e. The van der Waals surface area contributed by atoms with Gasteiger partial charge in [0.25, 0.3) is 0 Å². The number of likely N-dealkylation sites (tertiary alicyclic amines) is 1. The van der Waals surface area contributed by atoms with Gasteiger partial charge in [0.1, 0.15) is 6.04 Å². The number of rotatable bonds is 4. The molecule has 1 aliphatic rings. The minimum absolute atomic E-state index is 0.323. The van der Waals surface area contributed by atoms with Crippen LogP contribution in [-0.4, -0.2) is 51.2 Å². The third-order valence-corrected chi connectivity index (χ3v) is 3.12. The summed E-state index contributed by atoms with van der Waals surface area (Å²) in [4.78, 5) is 34.8. The number of hydrogen-bond acceptors (Lipinski definition) is 3. The second-order valence-electron chi connectivity index (χ2n) is 5.01. The molecule has 1 saturated heterocycles. The Morgan fingerprint density at radius 2 is 1.94 bits per heavy atom. The Bertz CT molecular complexity index is 366. The standard InChI is InChI=1S/C11H18N2O5/c1-11(2)4-3-5-13(11)10(18)12-7(9(16)17)6-8(14)15/h7H,3-6H2,1-2H3,(H,12,18)(H,14,15)(H,16,17)/t7-/m1/s1. The molecule has 3 N–H and O–H groups in total. The molecule has 0 aromatic carbocycles. The molecule has 0 bridgehead atoms. The third kappa shape index (κ3) is 3.35. The highest BCUT2D eigenvalue weighted by Crippen LogP contribution is 2.27. The highest BCUT2D eigenvalue weighted by atomic mass is 16.4. The lowest BCUT2D eigenvalue weighted by Gasteiger charge is -2.32. The molecule has 18 heavy (non-hydrogen) atoms. The number of hydrogen-bond donors (Lipinski definition) is 3. The van der Waals surface area contributed by atoms with Gasteiger partial charge in [-0.15, -0.1) is 0 Å². The Morgan fingerprint density at radius 1 is 1.33 bits per heavy atom. The predicted octanol–water partition coefficient (Wildman–Crippen LogP) is 0.498. The van der Waals surface area contributed by atoms with Gasteiger partial charge in [-0.1, -0.05) is 0 Å². The van der Waals surface area contributed by atoms with Gasteiger partial charge in [0, 0.05) is 12.1 Å². The van der Waals surface area contributed by atoms with E-state index in [1.54, 1.807) is 4.90 Å². The molecule has 2 amide bonds. The number of aliphatic carboxylic acids is 2. The summed E-state index contributed by atoms with van der Waals surface area (Å²) >= 11 is 0. The van der Waals surface area contributed by atoms with Crippen molar-refractivity contribution in [2.45, 2.75) is 44.7 Å². The van der Waals surface area contributed by atoms with Crippen LogP contribution in [0.3, 0.4) is 0 Å². The van der Waals surface area contributed by atoms with Gasteiger partial charge in [-0.25, -0.2) is 9.59 Å². The van der Waals surface area contributed by atoms with Crippen LogP contribution < -0.4 is 5.32 Å². The van der Waals surface area contributed by atoms with Crippen LogP contribution in [0.2, 0.25) is 0 Å². The maximum Gasteiger partial charge on any atom is 0.326 e. The number of nitrogens with one attached hydrogen (secondary N) is 1. The minimum Gasteiger partial charge on any atom is -0.481 e. The van der Waals surface area contributed by atoms with Crippen molar-refractivity contribution in [3.05, 3.63) is 0 Å². The molecule has 0 radical (unpaired) electrons. The van der Waals surface area contributed by atoms with Crippen LogP contribution in [-0.2, 0) is 9.59 Å². The largest absolute Gasteiger partial charge is 0.481 e. The highest BCUT2D eigenvalue weighted by molar-refractivity contribution is 5.86. The van der Waals surface area contributed by atoms with Crippen LogP contribution in [0, 0.1) is 0 Å². The van der Waals surface area contributed by atoms with E-state index in [2.05, 4.69) is 5.32 Å². The van der Waals surface area contributed by atoms with Crippen LogP contribution in [0.4, 0.5) is 4.79 Å². The fourth-order valence-corrected chi connectivity index (χ4v) is 2.09. The molecule has 0 spiro atoms. The number of carboxylic acid groups (broad SMARTS) is 2. The van der Waals surface area contributed by atoms with E-state index in [9.17, 15) is 14.4 Å². The number of nitrogens with zero attached hydrogens (tertiary/aromatic N) is 1. The lowest BCUT2D eigenvalue weighted by Crippen LogP contribution is -2.53. The average Bonchev–Trinajstić information content (AvgIpc) is 2.56. The summed E-state index contributed by atoms with van der Waals surface area (Å²) < 4.78 is 0. The van der Waals surface area contributed by atoms with E-state index >= 15 is 0 Å². The Labute approximate surface area is 105 Å². The highest BCUT2D eigenvalue weighted by Gasteiger charge is 2.37. The fourth-order valence-electron chi connectivity index (χ4n) is 2.09. The van der Waals surface area contributed by atoms with Crippen LogP contribution in [0.25, 0.3) is 0 Å². The molecular formula is C11H18N2O5. The molecular weight excluding hydrogens is 240 g/mol. The zero-order valence-electron chi connectivity index (χ0n) is 10.5. The zero-order chi connectivity index (χ0) is 13.9. The SMILES string of the molecule is CC1(C)CCCN1C(=O)N[C@H](CC(=O)O)C(=O)O. The monoisotopic (exact) mass is 258 g/mol. The Kier molecular flexibility index (Phi) is 4.15. The van der Waals surface area contributed by atoms with E-state index in [1.807, 2.05) is 13.8 Å². The number of carbonyl (C=O) groups is 3. The molecule has 0 saturated carbocycles. The first-order valence-corrected chi connectivity index (χ1v) is 5.77. The topological polar surface area (TPSA) is 107 Å². The first kappa shape index (κ1) is 14.3. The molecule has 7 nitrogen and oxygen atoms in total. The summed E-state index contributed by atoms with van der Waals surface area (Å²) in [5.74, 6) is -2.61. The zero-order valence-corrected chi connectivity index (χ0v) is 10.5. The summed E-state index contributed by atoms with van der Waals surface area (Å²) in [7, 11) is 0. The van der Waals surface area contributed by atoms with Crippen molar-refractivity contribution < 1.29 is 24.6 Å². The molecule has 1 rings (SSSR count). The van der Waals surface area contributed by atoms with Crippen molar-refractivity contribution in [3.63, 3.8) is 0 Å². The lowest BCUT2D eigenvalue weighted by molar-refractivity contribution is -0.145. The third-order valence-electron chi connectivity index (χ3n) is 3.12. The van der Waals surface area contributed by atoms with E-state index in [1.165, 1.54) is 0 Å². The lowest BCUT2D eigenvalue weighted by atomic mass is 10.0. The molecule has 0 aliphatic carbocycles. The van der Waals surface area contributed by atoms with Gasteiger partial charge in [0.05, 0.1) is 6.42 Å². The Balaban J connectivity index is 2.67.